The fourth-order valence-corrected chi connectivity index (χ4v) is 2.67. The van der Waals surface area contributed by atoms with Crippen molar-refractivity contribution in [2.45, 2.75) is 31.7 Å². The van der Waals surface area contributed by atoms with E-state index >= 15 is 0 Å². The highest BCUT2D eigenvalue weighted by atomic mass is 19.3. The number of aryl methyl sites for hydroxylation is 1. The zero-order chi connectivity index (χ0) is 16.6. The second-order valence-electron chi connectivity index (χ2n) is 5.58. The Labute approximate surface area is 130 Å². The molecule has 0 N–H and O–H groups in total. The lowest BCUT2D eigenvalue weighted by molar-refractivity contribution is -0.133. The van der Waals surface area contributed by atoms with Gasteiger partial charge < -0.3 is 9.42 Å². The van der Waals surface area contributed by atoms with Gasteiger partial charge >= 0.3 is 0 Å². The zero-order valence-corrected chi connectivity index (χ0v) is 12.3. The monoisotopic (exact) mass is 325 g/mol. The molecule has 5 nitrogen and oxygen atoms in total. The largest absolute Gasteiger partial charge is 0.337 e. The zero-order valence-electron chi connectivity index (χ0n) is 12.3. The number of halogens is 3. The summed E-state index contributed by atoms with van der Waals surface area (Å²) < 4.78 is 45.6. The van der Waals surface area contributed by atoms with Gasteiger partial charge in [0.25, 0.3) is 5.92 Å². The van der Waals surface area contributed by atoms with Gasteiger partial charge in [0, 0.05) is 6.42 Å². The van der Waals surface area contributed by atoms with E-state index in [1.807, 2.05) is 0 Å². The smallest absolute Gasteiger partial charge is 0.267 e. The van der Waals surface area contributed by atoms with Crippen molar-refractivity contribution in [2.75, 3.05) is 6.54 Å². The van der Waals surface area contributed by atoms with Crippen LogP contribution in [0.1, 0.15) is 29.7 Å². The summed E-state index contributed by atoms with van der Waals surface area (Å²) in [6.07, 6.45) is -0.735. The molecule has 1 aliphatic heterocycles. The van der Waals surface area contributed by atoms with E-state index in [2.05, 4.69) is 10.1 Å². The Morgan fingerprint density at radius 2 is 2.26 bits per heavy atom. The Morgan fingerprint density at radius 3 is 2.91 bits per heavy atom. The number of hydrogen-bond donors (Lipinski definition) is 0. The predicted octanol–water partition coefficient (Wildman–Crippen LogP) is 2.67. The molecule has 122 valence electrons. The molecule has 0 bridgehead atoms. The van der Waals surface area contributed by atoms with E-state index in [9.17, 15) is 18.0 Å². The molecular weight excluding hydrogens is 311 g/mol. The van der Waals surface area contributed by atoms with Gasteiger partial charge in [-0.15, -0.1) is 0 Å². The molecule has 1 aromatic heterocycles. The van der Waals surface area contributed by atoms with Crippen LogP contribution in [-0.2, 0) is 11.2 Å². The molecule has 2 aromatic rings. The number of alkyl halides is 2. The second-order valence-corrected chi connectivity index (χ2v) is 5.58. The third kappa shape index (κ3) is 3.35. The molecule has 2 heterocycles. The summed E-state index contributed by atoms with van der Waals surface area (Å²) in [6.45, 7) is 0.853. The van der Waals surface area contributed by atoms with E-state index < -0.39 is 36.7 Å². The van der Waals surface area contributed by atoms with Crippen molar-refractivity contribution in [1.29, 1.82) is 0 Å². The molecule has 0 aliphatic carbocycles. The number of carbonyl (C=O) groups excluding carboxylic acids is 1. The Bertz CT molecular complexity index is 732. The maximum absolute atomic E-state index is 13.8. The van der Waals surface area contributed by atoms with Gasteiger partial charge in [0.2, 0.25) is 11.8 Å². The van der Waals surface area contributed by atoms with Gasteiger partial charge in [-0.3, -0.25) is 4.79 Å². The molecule has 1 aliphatic rings. The minimum atomic E-state index is -3.02. The second kappa shape index (κ2) is 5.68. The highest BCUT2D eigenvalue weighted by Gasteiger charge is 2.49. The summed E-state index contributed by atoms with van der Waals surface area (Å²) in [5.41, 5.74) is 0.422. The lowest BCUT2D eigenvalue weighted by Gasteiger charge is -2.21. The molecule has 0 saturated carbocycles. The van der Waals surface area contributed by atoms with Crippen LogP contribution < -0.4 is 0 Å². The summed E-state index contributed by atoms with van der Waals surface area (Å²) in [7, 11) is 0. The van der Waals surface area contributed by atoms with Crippen LogP contribution in [0.3, 0.4) is 0 Å². The van der Waals surface area contributed by atoms with E-state index in [-0.39, 0.29) is 12.3 Å². The lowest BCUT2D eigenvalue weighted by Crippen LogP contribution is -2.34. The summed E-state index contributed by atoms with van der Waals surface area (Å²) in [5.74, 6) is -3.73. The van der Waals surface area contributed by atoms with Crippen molar-refractivity contribution in [3.63, 3.8) is 0 Å². The molecule has 1 aromatic carbocycles. The summed E-state index contributed by atoms with van der Waals surface area (Å²) in [5, 5.41) is 3.58. The maximum Gasteiger partial charge on any atom is 0.267 e. The van der Waals surface area contributed by atoms with Crippen LogP contribution in [0.25, 0.3) is 0 Å². The van der Waals surface area contributed by atoms with Gasteiger partial charge in [-0.05, 0) is 24.6 Å². The molecule has 23 heavy (non-hydrogen) atoms. The van der Waals surface area contributed by atoms with Crippen molar-refractivity contribution < 1.29 is 22.5 Å². The highest BCUT2D eigenvalue weighted by Crippen LogP contribution is 2.40. The van der Waals surface area contributed by atoms with Crippen LogP contribution in [0.2, 0.25) is 0 Å². The number of amides is 1. The van der Waals surface area contributed by atoms with Crippen LogP contribution in [0.15, 0.2) is 28.8 Å². The molecule has 0 radical (unpaired) electrons. The van der Waals surface area contributed by atoms with E-state index in [1.54, 1.807) is 13.0 Å². The van der Waals surface area contributed by atoms with Crippen molar-refractivity contribution in [3.05, 3.63) is 47.4 Å². The van der Waals surface area contributed by atoms with Gasteiger partial charge in [-0.25, -0.2) is 13.2 Å². The van der Waals surface area contributed by atoms with Crippen LogP contribution >= 0.6 is 0 Å². The Morgan fingerprint density at radius 1 is 1.48 bits per heavy atom. The average molecular weight is 325 g/mol. The number of carbonyl (C=O) groups is 1. The van der Waals surface area contributed by atoms with E-state index in [4.69, 9.17) is 4.52 Å². The minimum Gasteiger partial charge on any atom is -0.337 e. The summed E-state index contributed by atoms with van der Waals surface area (Å²) in [4.78, 5) is 17.4. The summed E-state index contributed by atoms with van der Waals surface area (Å²) >= 11 is 0. The number of hydrogen-bond acceptors (Lipinski definition) is 4. The molecule has 8 heteroatoms. The van der Waals surface area contributed by atoms with Crippen molar-refractivity contribution in [2.24, 2.45) is 0 Å². The third-order valence-electron chi connectivity index (χ3n) is 3.66. The Kier molecular flexibility index (Phi) is 3.83. The molecule has 1 fully saturated rings. The molecule has 0 spiro atoms. The highest BCUT2D eigenvalue weighted by molar-refractivity contribution is 5.79. The normalized spacial score (nSPS) is 20.0. The summed E-state index contributed by atoms with van der Waals surface area (Å²) in [6, 6.07) is 4.53. The standard InChI is InChI=1S/C15H14F3N3O2/c1-9-19-14(23-20-9)12-7-15(17,18)8-21(12)13(22)6-10-3-2-4-11(16)5-10/h2-5,12H,6-8H2,1H3/t12-/m0/s1. The first-order chi connectivity index (χ1) is 10.8. The van der Waals surface area contributed by atoms with Gasteiger partial charge in [0.15, 0.2) is 5.82 Å². The van der Waals surface area contributed by atoms with E-state index in [0.717, 1.165) is 4.90 Å². The van der Waals surface area contributed by atoms with E-state index in [0.29, 0.717) is 11.4 Å². The first-order valence-electron chi connectivity index (χ1n) is 7.06. The lowest BCUT2D eigenvalue weighted by atomic mass is 10.1. The molecule has 1 atom stereocenters. The fraction of sp³-hybridized carbons (Fsp3) is 0.400. The van der Waals surface area contributed by atoms with Crippen LogP contribution in [0, 0.1) is 12.7 Å². The number of nitrogens with zero attached hydrogens (tertiary/aromatic N) is 3. The molecular formula is C15H14F3N3O2. The van der Waals surface area contributed by atoms with Crippen LogP contribution in [0.4, 0.5) is 13.2 Å². The Balaban J connectivity index is 1.82. The van der Waals surface area contributed by atoms with Gasteiger partial charge in [-0.2, -0.15) is 4.98 Å². The molecule has 1 saturated heterocycles. The van der Waals surface area contributed by atoms with Gasteiger partial charge in [0.05, 0.1) is 13.0 Å². The fourth-order valence-electron chi connectivity index (χ4n) is 2.67. The SMILES string of the molecule is Cc1noc([C@@H]2CC(F)(F)CN2C(=O)Cc2cccc(F)c2)n1. The topological polar surface area (TPSA) is 59.2 Å². The first kappa shape index (κ1) is 15.5. The van der Waals surface area contributed by atoms with E-state index in [1.165, 1.54) is 18.2 Å². The number of likely N-dealkylation sites (tertiary alicyclic amines) is 1. The molecule has 1 amide bonds. The van der Waals surface area contributed by atoms with Crippen molar-refractivity contribution in [3.8, 4) is 0 Å². The van der Waals surface area contributed by atoms with Gasteiger partial charge in [0.1, 0.15) is 11.9 Å². The number of aromatic nitrogens is 2. The molecule has 0 unspecified atom stereocenters. The number of rotatable bonds is 3. The third-order valence-corrected chi connectivity index (χ3v) is 3.66. The maximum atomic E-state index is 13.8. The first-order valence-corrected chi connectivity index (χ1v) is 7.06. The predicted molar refractivity (Wildman–Crippen MR) is 73.2 cm³/mol. The average Bonchev–Trinajstić information content (AvgIpc) is 3.02. The number of benzene rings is 1. The van der Waals surface area contributed by atoms with Crippen LogP contribution in [-0.4, -0.2) is 33.4 Å². The molecule has 3 rings (SSSR count). The minimum absolute atomic E-state index is 0.00716. The quantitative estimate of drug-likeness (QED) is 0.870. The Hall–Kier alpha value is -2.38. The van der Waals surface area contributed by atoms with Gasteiger partial charge in [-0.1, -0.05) is 17.3 Å². The van der Waals surface area contributed by atoms with Crippen molar-refractivity contribution >= 4 is 5.91 Å². The van der Waals surface area contributed by atoms with Crippen LogP contribution in [0.5, 0.6) is 0 Å². The van der Waals surface area contributed by atoms with Crippen molar-refractivity contribution in [1.82, 2.24) is 15.0 Å².